The molecule has 0 bridgehead atoms. The van der Waals surface area contributed by atoms with E-state index in [0.29, 0.717) is 13.0 Å². The topological polar surface area (TPSA) is 57.4 Å². The molecule has 0 fully saturated rings. The Kier molecular flexibility index (Phi) is 2.73. The van der Waals surface area contributed by atoms with E-state index in [9.17, 15) is 0 Å². The van der Waals surface area contributed by atoms with Crippen LogP contribution in [0, 0.1) is 11.3 Å². The lowest BCUT2D eigenvalue weighted by Gasteiger charge is -2.16. The molecule has 0 saturated heterocycles. The molecule has 18 heavy (non-hydrogen) atoms. The second-order valence-corrected chi connectivity index (χ2v) is 4.30. The van der Waals surface area contributed by atoms with E-state index < -0.39 is 0 Å². The van der Waals surface area contributed by atoms with Gasteiger partial charge in [0.1, 0.15) is 11.6 Å². The van der Waals surface area contributed by atoms with Crippen LogP contribution < -0.4 is 10.1 Å². The Morgan fingerprint density at radius 3 is 3.28 bits per heavy atom. The summed E-state index contributed by atoms with van der Waals surface area (Å²) >= 11 is 0. The van der Waals surface area contributed by atoms with Crippen LogP contribution in [0.15, 0.2) is 35.0 Å². The van der Waals surface area contributed by atoms with Gasteiger partial charge in [0.2, 0.25) is 0 Å². The molecule has 0 atom stereocenters. The quantitative estimate of drug-likeness (QED) is 0.855. The number of allylic oxidation sites excluding steroid dienone is 1. The van der Waals surface area contributed by atoms with Crippen LogP contribution in [0.3, 0.4) is 0 Å². The second-order valence-electron chi connectivity index (χ2n) is 4.30. The highest BCUT2D eigenvalue weighted by atomic mass is 16.5. The maximum absolute atomic E-state index is 8.71. The predicted molar refractivity (Wildman–Crippen MR) is 68.5 cm³/mol. The average molecular weight is 239 g/mol. The molecule has 4 heteroatoms. The fourth-order valence-electron chi connectivity index (χ4n) is 2.19. The molecule has 0 amide bonds. The zero-order valence-corrected chi connectivity index (χ0v) is 9.94. The van der Waals surface area contributed by atoms with E-state index in [-0.39, 0.29) is 0 Å². The summed E-state index contributed by atoms with van der Waals surface area (Å²) in [7, 11) is 0. The Hall–Kier alpha value is -2.28. The molecule has 0 radical (unpaired) electrons. The lowest BCUT2D eigenvalue weighted by molar-refractivity contribution is 0.357. The lowest BCUT2D eigenvalue weighted by atomic mass is 10.1. The summed E-state index contributed by atoms with van der Waals surface area (Å²) in [6.07, 6.45) is 3.30. The fourth-order valence-corrected chi connectivity index (χ4v) is 2.19. The smallest absolute Gasteiger partial charge is 0.132 e. The molecule has 1 aromatic carbocycles. The molecule has 4 nitrogen and oxygen atoms in total. The second kappa shape index (κ2) is 4.53. The summed E-state index contributed by atoms with van der Waals surface area (Å²) in [6, 6.07) is 8.26. The van der Waals surface area contributed by atoms with Gasteiger partial charge < -0.3 is 10.1 Å². The van der Waals surface area contributed by atoms with Gasteiger partial charge in [-0.1, -0.05) is 0 Å². The molecule has 1 N–H and O–H groups in total. The first kappa shape index (κ1) is 10.8. The van der Waals surface area contributed by atoms with Crippen molar-refractivity contribution in [1.82, 2.24) is 5.32 Å². The van der Waals surface area contributed by atoms with Gasteiger partial charge in [0.15, 0.2) is 0 Å². The number of fused-ring (bicyclic) bond motifs is 1. The molecular weight excluding hydrogens is 226 g/mol. The van der Waals surface area contributed by atoms with E-state index in [0.717, 1.165) is 35.9 Å². The summed E-state index contributed by atoms with van der Waals surface area (Å²) in [5.74, 6) is 1.82. The van der Waals surface area contributed by atoms with Crippen LogP contribution in [0.5, 0.6) is 5.75 Å². The van der Waals surface area contributed by atoms with Gasteiger partial charge in [-0.3, -0.25) is 4.99 Å². The number of benzene rings is 1. The minimum Gasteiger partial charge on any atom is -0.493 e. The molecule has 2 aliphatic rings. The summed E-state index contributed by atoms with van der Waals surface area (Å²) < 4.78 is 5.49. The van der Waals surface area contributed by atoms with Gasteiger partial charge in [-0.2, -0.15) is 5.26 Å². The minimum absolute atomic E-state index is 0.396. The predicted octanol–water partition coefficient (Wildman–Crippen LogP) is 1.77. The van der Waals surface area contributed by atoms with Crippen LogP contribution in [0.25, 0.3) is 0 Å². The van der Waals surface area contributed by atoms with E-state index in [1.807, 2.05) is 18.2 Å². The Balaban J connectivity index is 1.84. The molecule has 90 valence electrons. The lowest BCUT2D eigenvalue weighted by Crippen LogP contribution is -2.27. The number of aliphatic imine (C=N–C) groups is 1. The van der Waals surface area contributed by atoms with Crippen molar-refractivity contribution in [3.05, 3.63) is 41.1 Å². The highest BCUT2D eigenvalue weighted by Gasteiger charge is 2.15. The SMILES string of the molecule is N#CCC1=CCN=C(c2ccc3c(c2)CCO3)N1. The summed E-state index contributed by atoms with van der Waals surface area (Å²) in [5, 5.41) is 11.9. The third-order valence-corrected chi connectivity index (χ3v) is 3.10. The van der Waals surface area contributed by atoms with Crippen LogP contribution in [-0.4, -0.2) is 19.0 Å². The average Bonchev–Trinajstić information content (AvgIpc) is 2.86. The normalized spacial score (nSPS) is 16.8. The maximum atomic E-state index is 8.71. The first-order chi connectivity index (χ1) is 8.86. The molecule has 0 unspecified atom stereocenters. The minimum atomic E-state index is 0.396. The standard InChI is InChI=1S/C14H13N3O/c15-6-3-12-4-7-16-14(17-12)11-1-2-13-10(9-11)5-8-18-13/h1-2,4,9H,3,5,7-8H2,(H,16,17). The van der Waals surface area contributed by atoms with Crippen LogP contribution in [-0.2, 0) is 6.42 Å². The van der Waals surface area contributed by atoms with Crippen molar-refractivity contribution < 1.29 is 4.74 Å². The van der Waals surface area contributed by atoms with Gasteiger partial charge in [0.05, 0.1) is 25.6 Å². The number of ether oxygens (including phenoxy) is 1. The Labute approximate surface area is 106 Å². The monoisotopic (exact) mass is 239 g/mol. The van der Waals surface area contributed by atoms with Crippen molar-refractivity contribution in [2.75, 3.05) is 13.2 Å². The number of nitrogens with one attached hydrogen (secondary N) is 1. The Morgan fingerprint density at radius 2 is 2.39 bits per heavy atom. The van der Waals surface area contributed by atoms with Crippen LogP contribution in [0.2, 0.25) is 0 Å². The largest absolute Gasteiger partial charge is 0.493 e. The third kappa shape index (κ3) is 1.95. The van der Waals surface area contributed by atoms with Gasteiger partial charge in [-0.25, -0.2) is 0 Å². The van der Waals surface area contributed by atoms with Crippen LogP contribution in [0.4, 0.5) is 0 Å². The number of hydrogen-bond donors (Lipinski definition) is 1. The van der Waals surface area contributed by atoms with Gasteiger partial charge in [-0.15, -0.1) is 0 Å². The van der Waals surface area contributed by atoms with Crippen molar-refractivity contribution >= 4 is 5.84 Å². The van der Waals surface area contributed by atoms with E-state index in [2.05, 4.69) is 22.4 Å². The highest BCUT2D eigenvalue weighted by Crippen LogP contribution is 2.26. The molecule has 0 spiro atoms. The number of hydrogen-bond acceptors (Lipinski definition) is 4. The molecule has 0 aliphatic carbocycles. The number of rotatable bonds is 2. The maximum Gasteiger partial charge on any atom is 0.132 e. The third-order valence-electron chi connectivity index (χ3n) is 3.10. The molecule has 3 rings (SSSR count). The van der Waals surface area contributed by atoms with Crippen molar-refractivity contribution in [3.8, 4) is 11.8 Å². The first-order valence-corrected chi connectivity index (χ1v) is 6.00. The number of amidine groups is 1. The molecule has 0 aromatic heterocycles. The van der Waals surface area contributed by atoms with Crippen molar-refractivity contribution in [1.29, 1.82) is 5.26 Å². The number of nitriles is 1. The molecule has 0 saturated carbocycles. The van der Waals surface area contributed by atoms with Crippen molar-refractivity contribution in [2.45, 2.75) is 12.8 Å². The zero-order chi connectivity index (χ0) is 12.4. The van der Waals surface area contributed by atoms with E-state index >= 15 is 0 Å². The molecule has 2 aliphatic heterocycles. The highest BCUT2D eigenvalue weighted by molar-refractivity contribution is 6.00. The Morgan fingerprint density at radius 1 is 1.44 bits per heavy atom. The summed E-state index contributed by atoms with van der Waals surface area (Å²) in [6.45, 7) is 1.39. The van der Waals surface area contributed by atoms with Gasteiger partial charge in [0.25, 0.3) is 0 Å². The fraction of sp³-hybridized carbons (Fsp3) is 0.286. The first-order valence-electron chi connectivity index (χ1n) is 6.00. The molecular formula is C14H13N3O. The zero-order valence-electron chi connectivity index (χ0n) is 9.94. The summed E-state index contributed by atoms with van der Waals surface area (Å²) in [4.78, 5) is 4.44. The van der Waals surface area contributed by atoms with E-state index in [1.165, 1.54) is 5.56 Å². The summed E-state index contributed by atoms with van der Waals surface area (Å²) in [5.41, 5.74) is 3.22. The molecule has 1 aromatic rings. The van der Waals surface area contributed by atoms with Crippen LogP contribution in [0.1, 0.15) is 17.5 Å². The van der Waals surface area contributed by atoms with E-state index in [4.69, 9.17) is 10.00 Å². The Bertz CT molecular complexity index is 581. The van der Waals surface area contributed by atoms with E-state index in [1.54, 1.807) is 0 Å². The van der Waals surface area contributed by atoms with Gasteiger partial charge >= 0.3 is 0 Å². The van der Waals surface area contributed by atoms with Gasteiger partial charge in [0, 0.05) is 17.7 Å². The van der Waals surface area contributed by atoms with Crippen molar-refractivity contribution in [3.63, 3.8) is 0 Å². The molecule has 2 heterocycles. The van der Waals surface area contributed by atoms with Gasteiger partial charge in [-0.05, 0) is 29.8 Å². The number of nitrogens with zero attached hydrogens (tertiary/aromatic N) is 2. The van der Waals surface area contributed by atoms with Crippen molar-refractivity contribution in [2.24, 2.45) is 4.99 Å². The van der Waals surface area contributed by atoms with Crippen LogP contribution >= 0.6 is 0 Å².